The summed E-state index contributed by atoms with van der Waals surface area (Å²) >= 11 is 1.69. The Labute approximate surface area is 195 Å². The van der Waals surface area contributed by atoms with Gasteiger partial charge in [0.25, 0.3) is 0 Å². The molecule has 3 saturated heterocycles. The van der Waals surface area contributed by atoms with Gasteiger partial charge in [-0.3, -0.25) is 14.4 Å². The van der Waals surface area contributed by atoms with Crippen molar-refractivity contribution in [3.63, 3.8) is 0 Å². The highest BCUT2D eigenvalue weighted by molar-refractivity contribution is 8.02. The van der Waals surface area contributed by atoms with Gasteiger partial charge in [0, 0.05) is 17.8 Å². The quantitative estimate of drug-likeness (QED) is 0.535. The molecule has 1 aliphatic carbocycles. The largest absolute Gasteiger partial charge is 0.394 e. The van der Waals surface area contributed by atoms with Crippen LogP contribution in [0.15, 0.2) is 0 Å². The van der Waals surface area contributed by atoms with Crippen LogP contribution in [0.1, 0.15) is 72.1 Å². The van der Waals surface area contributed by atoms with Crippen LogP contribution in [0.5, 0.6) is 0 Å². The van der Waals surface area contributed by atoms with E-state index >= 15 is 0 Å². The number of nitrogens with zero attached hydrogens (tertiary/aromatic N) is 1. The van der Waals surface area contributed by atoms with E-state index in [1.165, 1.54) is 6.42 Å². The molecule has 6 atom stereocenters. The molecule has 0 radical (unpaired) electrons. The van der Waals surface area contributed by atoms with E-state index < -0.39 is 28.7 Å². The number of carbonyl (C=O) groups excluding carboxylic acids is 3. The van der Waals surface area contributed by atoms with Crippen LogP contribution >= 0.6 is 11.8 Å². The van der Waals surface area contributed by atoms with Crippen molar-refractivity contribution in [3.05, 3.63) is 0 Å². The van der Waals surface area contributed by atoms with Gasteiger partial charge in [-0.1, -0.05) is 33.1 Å². The molecule has 4 aliphatic rings. The van der Waals surface area contributed by atoms with Crippen LogP contribution in [0, 0.1) is 17.8 Å². The number of hydrogen-bond donors (Lipinski definition) is 3. The third-order valence-electron chi connectivity index (χ3n) is 8.29. The molecule has 3 amide bonds. The summed E-state index contributed by atoms with van der Waals surface area (Å²) in [5.41, 5.74) is 0. The number of amides is 3. The van der Waals surface area contributed by atoms with E-state index in [2.05, 4.69) is 31.4 Å². The lowest BCUT2D eigenvalue weighted by Gasteiger charge is -2.38. The van der Waals surface area contributed by atoms with E-state index in [0.717, 1.165) is 38.5 Å². The molecule has 0 aromatic heterocycles. The molecule has 4 rings (SSSR count). The molecule has 0 aromatic rings. The van der Waals surface area contributed by atoms with E-state index in [1.54, 1.807) is 23.7 Å². The molecule has 2 bridgehead atoms. The third-order valence-corrected chi connectivity index (χ3v) is 10.3. The molecule has 3 aliphatic heterocycles. The van der Waals surface area contributed by atoms with Gasteiger partial charge >= 0.3 is 0 Å². The van der Waals surface area contributed by atoms with Gasteiger partial charge in [-0.2, -0.15) is 0 Å². The Bertz CT molecular complexity index is 770. The molecule has 180 valence electrons. The minimum absolute atomic E-state index is 0.0933. The van der Waals surface area contributed by atoms with Gasteiger partial charge in [0.15, 0.2) is 0 Å². The van der Waals surface area contributed by atoms with E-state index in [1.807, 2.05) is 0 Å². The minimum atomic E-state index is -0.640. The molecule has 2 unspecified atom stereocenters. The molecular weight excluding hydrogens is 426 g/mol. The topological polar surface area (TPSA) is 98.7 Å². The maximum atomic E-state index is 14.0. The van der Waals surface area contributed by atoms with E-state index in [-0.39, 0.29) is 41.0 Å². The average molecular weight is 466 g/mol. The molecule has 3 N–H and O–H groups in total. The Morgan fingerprint density at radius 3 is 2.47 bits per heavy atom. The fourth-order valence-corrected chi connectivity index (χ4v) is 9.30. The summed E-state index contributed by atoms with van der Waals surface area (Å²) in [5.74, 6) is -1.03. The van der Waals surface area contributed by atoms with Gasteiger partial charge in [0.2, 0.25) is 17.7 Å². The van der Waals surface area contributed by atoms with E-state index in [4.69, 9.17) is 0 Å². The monoisotopic (exact) mass is 465 g/mol. The summed E-state index contributed by atoms with van der Waals surface area (Å²) in [6.45, 7) is 6.03. The number of carbonyl (C=O) groups is 3. The molecule has 0 aromatic carbocycles. The zero-order valence-electron chi connectivity index (χ0n) is 19.9. The molecule has 1 spiro atoms. The lowest BCUT2D eigenvalue weighted by molar-refractivity contribution is -0.143. The molecule has 1 saturated carbocycles. The Balaban J connectivity index is 1.73. The molecule has 4 fully saturated rings. The second-order valence-corrected chi connectivity index (χ2v) is 12.8. The second kappa shape index (κ2) is 8.82. The standard InChI is InChI=1S/C24H39N3O4S/c1-14(2)12-16(13-28)27-19(21(30)26-15-8-6-5-7-9-15)24-11-10-23(3,32-24)17(20(29)25-4)18(24)22(27)31/h14-19,28H,5-13H2,1-4H3,(H,25,29)(H,26,30)/t16-,17+,18+,19?,23-,24?/m1/s1. The van der Waals surface area contributed by atoms with Crippen molar-refractivity contribution in [3.8, 4) is 0 Å². The first kappa shape index (κ1) is 23.9. The molecule has 7 nitrogen and oxygen atoms in total. The van der Waals surface area contributed by atoms with Gasteiger partial charge in [0.1, 0.15) is 6.04 Å². The number of likely N-dealkylation sites (tertiary alicyclic amines) is 1. The highest BCUT2D eigenvalue weighted by Crippen LogP contribution is 2.71. The first-order valence-corrected chi connectivity index (χ1v) is 13.2. The van der Waals surface area contributed by atoms with Gasteiger partial charge in [-0.15, -0.1) is 11.8 Å². The predicted molar refractivity (Wildman–Crippen MR) is 125 cm³/mol. The van der Waals surface area contributed by atoms with Gasteiger partial charge in [-0.25, -0.2) is 0 Å². The number of aliphatic hydroxyl groups excluding tert-OH is 1. The SMILES string of the molecule is CNC(=O)[C@@H]1[C@H]2C(=O)N([C@@H](CO)CC(C)C)C(C(=O)NC3CCCCC3)C23CC[C@@]1(C)S3. The fourth-order valence-electron chi connectivity index (χ4n) is 6.96. The van der Waals surface area contributed by atoms with Crippen molar-refractivity contribution in [1.29, 1.82) is 0 Å². The molecule has 3 heterocycles. The maximum Gasteiger partial charge on any atom is 0.244 e. The molecular formula is C24H39N3O4S. The van der Waals surface area contributed by atoms with Crippen LogP contribution < -0.4 is 10.6 Å². The Morgan fingerprint density at radius 2 is 1.88 bits per heavy atom. The van der Waals surface area contributed by atoms with Crippen molar-refractivity contribution in [2.75, 3.05) is 13.7 Å². The van der Waals surface area contributed by atoms with Crippen LogP contribution in [0.3, 0.4) is 0 Å². The lowest BCUT2D eigenvalue weighted by atomic mass is 9.66. The van der Waals surface area contributed by atoms with Crippen molar-refractivity contribution in [1.82, 2.24) is 15.5 Å². The van der Waals surface area contributed by atoms with Crippen molar-refractivity contribution in [2.24, 2.45) is 17.8 Å². The van der Waals surface area contributed by atoms with Crippen molar-refractivity contribution >= 4 is 29.5 Å². The summed E-state index contributed by atoms with van der Waals surface area (Å²) in [6, 6.07) is -0.906. The Kier molecular flexibility index (Phi) is 6.58. The first-order chi connectivity index (χ1) is 15.2. The normalized spacial score (nSPS) is 37.6. The average Bonchev–Trinajstić information content (AvgIpc) is 3.33. The number of fused-ring (bicyclic) bond motifs is 1. The zero-order valence-corrected chi connectivity index (χ0v) is 20.7. The number of nitrogens with one attached hydrogen (secondary N) is 2. The van der Waals surface area contributed by atoms with Gasteiger partial charge in [-0.05, 0) is 44.9 Å². The van der Waals surface area contributed by atoms with Crippen LogP contribution in [-0.4, -0.2) is 69.0 Å². The minimum Gasteiger partial charge on any atom is -0.394 e. The summed E-state index contributed by atoms with van der Waals surface area (Å²) in [7, 11) is 1.62. The summed E-state index contributed by atoms with van der Waals surface area (Å²) in [6.07, 6.45) is 7.58. The van der Waals surface area contributed by atoms with Gasteiger partial charge < -0.3 is 20.6 Å². The smallest absolute Gasteiger partial charge is 0.244 e. The first-order valence-electron chi connectivity index (χ1n) is 12.3. The summed E-state index contributed by atoms with van der Waals surface area (Å²) in [4.78, 5) is 42.5. The summed E-state index contributed by atoms with van der Waals surface area (Å²) in [5, 5.41) is 16.3. The number of hydrogen-bond acceptors (Lipinski definition) is 5. The Morgan fingerprint density at radius 1 is 1.19 bits per heavy atom. The fraction of sp³-hybridized carbons (Fsp3) is 0.875. The maximum absolute atomic E-state index is 14.0. The highest BCUT2D eigenvalue weighted by atomic mass is 32.2. The predicted octanol–water partition coefficient (Wildman–Crippen LogP) is 2.07. The van der Waals surface area contributed by atoms with Crippen molar-refractivity contribution in [2.45, 2.75) is 99.8 Å². The second-order valence-electron chi connectivity index (χ2n) is 10.9. The van der Waals surface area contributed by atoms with Crippen LogP contribution in [-0.2, 0) is 14.4 Å². The van der Waals surface area contributed by atoms with Crippen LogP contribution in [0.25, 0.3) is 0 Å². The highest BCUT2D eigenvalue weighted by Gasteiger charge is 2.77. The van der Waals surface area contributed by atoms with Gasteiger partial charge in [0.05, 0.1) is 29.2 Å². The van der Waals surface area contributed by atoms with Crippen molar-refractivity contribution < 1.29 is 19.5 Å². The Hall–Kier alpha value is -1.28. The lowest BCUT2D eigenvalue weighted by Crippen LogP contribution is -2.58. The zero-order chi connectivity index (χ0) is 23.3. The van der Waals surface area contributed by atoms with Crippen LogP contribution in [0.2, 0.25) is 0 Å². The molecule has 8 heteroatoms. The summed E-state index contributed by atoms with van der Waals surface area (Å²) < 4.78 is -0.950. The van der Waals surface area contributed by atoms with E-state index in [9.17, 15) is 19.5 Å². The third kappa shape index (κ3) is 3.65. The number of rotatable bonds is 7. The number of thioether (sulfide) groups is 1. The number of aliphatic hydroxyl groups is 1. The molecule has 32 heavy (non-hydrogen) atoms. The van der Waals surface area contributed by atoms with E-state index in [0.29, 0.717) is 6.42 Å². The van der Waals surface area contributed by atoms with Crippen LogP contribution in [0.4, 0.5) is 0 Å².